The van der Waals surface area contributed by atoms with E-state index in [1.807, 2.05) is 6.92 Å². The average Bonchev–Trinajstić information content (AvgIpc) is 2.30. The number of azide groups is 1. The first-order valence-electron chi connectivity index (χ1n) is 5.19. The van der Waals surface area contributed by atoms with Crippen LogP contribution in [0, 0.1) is 6.92 Å². The van der Waals surface area contributed by atoms with Crippen LogP contribution in [-0.4, -0.2) is 11.8 Å². The molecule has 2 amide bonds. The molecule has 0 unspecified atom stereocenters. The van der Waals surface area contributed by atoms with Crippen LogP contribution in [0.3, 0.4) is 0 Å². The molecular weight excluding hydrogens is 232 g/mol. The first kappa shape index (κ1) is 13.5. The topological polar surface area (TPSA) is 94.9 Å². The number of hydrogen-bond donors (Lipinski definition) is 1. The molecule has 0 saturated carbocycles. The maximum atomic E-state index is 11.0. The predicted molar refractivity (Wildman–Crippen MR) is 68.7 cm³/mol. The number of nitrogens with zero attached hydrogens (tertiary/aromatic N) is 3. The van der Waals surface area contributed by atoms with E-state index in [2.05, 4.69) is 15.3 Å². The molecule has 92 valence electrons. The van der Waals surface area contributed by atoms with Gasteiger partial charge in [-0.1, -0.05) is 18.2 Å². The van der Waals surface area contributed by atoms with Crippen molar-refractivity contribution >= 4 is 23.6 Å². The fraction of sp³-hybridized carbons (Fsp3) is 0.167. The minimum atomic E-state index is -0.665. The molecule has 1 aromatic carbocycles. The number of rotatable bonds is 3. The molecule has 0 spiro atoms. The Kier molecular flexibility index (Phi) is 4.66. The number of carbonyl (C=O) groups is 2. The lowest BCUT2D eigenvalue weighted by molar-refractivity contribution is -0.114. The number of carbonyl (C=O) groups excluding carboxylic acids is 2. The Bertz CT molecular complexity index is 557. The third-order valence-electron chi connectivity index (χ3n) is 2.24. The van der Waals surface area contributed by atoms with E-state index < -0.39 is 5.91 Å². The number of nitrogens with one attached hydrogen (secondary N) is 1. The third kappa shape index (κ3) is 3.77. The van der Waals surface area contributed by atoms with E-state index in [-0.39, 0.29) is 5.91 Å². The first-order valence-corrected chi connectivity index (χ1v) is 5.19. The quantitative estimate of drug-likeness (QED) is 0.383. The molecule has 0 fully saturated rings. The summed E-state index contributed by atoms with van der Waals surface area (Å²) >= 11 is 0. The van der Waals surface area contributed by atoms with Gasteiger partial charge in [0, 0.05) is 17.5 Å². The molecule has 6 heteroatoms. The molecule has 0 saturated heterocycles. The van der Waals surface area contributed by atoms with E-state index in [0.717, 1.165) is 11.1 Å². The average molecular weight is 244 g/mol. The van der Waals surface area contributed by atoms with Gasteiger partial charge in [0.05, 0.1) is 0 Å². The summed E-state index contributed by atoms with van der Waals surface area (Å²) in [6.45, 7) is 3.25. The lowest BCUT2D eigenvalue weighted by Crippen LogP contribution is -2.07. The van der Waals surface area contributed by atoms with Gasteiger partial charge in [-0.15, -0.1) is 0 Å². The lowest BCUT2D eigenvalue weighted by atomic mass is 10.1. The van der Waals surface area contributed by atoms with Gasteiger partial charge < -0.3 is 5.32 Å². The van der Waals surface area contributed by atoms with E-state index in [0.29, 0.717) is 5.69 Å². The van der Waals surface area contributed by atoms with Gasteiger partial charge in [-0.2, -0.15) is 0 Å². The third-order valence-corrected chi connectivity index (χ3v) is 2.24. The van der Waals surface area contributed by atoms with Crippen molar-refractivity contribution in [3.8, 4) is 0 Å². The minimum Gasteiger partial charge on any atom is -0.326 e. The molecule has 1 aromatic rings. The number of benzene rings is 1. The minimum absolute atomic E-state index is 0.163. The van der Waals surface area contributed by atoms with Crippen molar-refractivity contribution in [1.82, 2.24) is 0 Å². The summed E-state index contributed by atoms with van der Waals surface area (Å²) in [7, 11) is 0. The number of hydrogen-bond acceptors (Lipinski definition) is 2. The molecule has 0 aliphatic heterocycles. The van der Waals surface area contributed by atoms with Gasteiger partial charge in [0.25, 0.3) is 0 Å². The molecule has 18 heavy (non-hydrogen) atoms. The highest BCUT2D eigenvalue weighted by molar-refractivity contribution is 5.93. The smallest absolute Gasteiger partial charge is 0.242 e. The maximum absolute atomic E-state index is 11.0. The summed E-state index contributed by atoms with van der Waals surface area (Å²) in [6, 6.07) is 5.32. The summed E-state index contributed by atoms with van der Waals surface area (Å²) in [5.41, 5.74) is 10.4. The van der Waals surface area contributed by atoms with Crippen LogP contribution in [0.4, 0.5) is 5.69 Å². The predicted octanol–water partition coefficient (Wildman–Crippen LogP) is 2.80. The second kappa shape index (κ2) is 6.22. The Balaban J connectivity index is 3.00. The van der Waals surface area contributed by atoms with Crippen LogP contribution in [0.5, 0.6) is 0 Å². The van der Waals surface area contributed by atoms with Crippen LogP contribution >= 0.6 is 0 Å². The Hall–Kier alpha value is -2.59. The van der Waals surface area contributed by atoms with E-state index >= 15 is 0 Å². The monoisotopic (exact) mass is 244 g/mol. The van der Waals surface area contributed by atoms with Crippen molar-refractivity contribution in [2.75, 3.05) is 5.32 Å². The van der Waals surface area contributed by atoms with E-state index in [1.165, 1.54) is 19.1 Å². The van der Waals surface area contributed by atoms with Crippen LogP contribution in [0.1, 0.15) is 18.1 Å². The van der Waals surface area contributed by atoms with Crippen LogP contribution in [0.25, 0.3) is 16.5 Å². The molecule has 0 bridgehead atoms. The highest BCUT2D eigenvalue weighted by atomic mass is 16.2. The van der Waals surface area contributed by atoms with Gasteiger partial charge in [0.1, 0.15) is 0 Å². The van der Waals surface area contributed by atoms with Gasteiger partial charge in [-0.05, 0) is 40.8 Å². The summed E-state index contributed by atoms with van der Waals surface area (Å²) in [5, 5.41) is 5.61. The zero-order valence-corrected chi connectivity index (χ0v) is 10.0. The lowest BCUT2D eigenvalue weighted by Gasteiger charge is -2.08. The van der Waals surface area contributed by atoms with Crippen LogP contribution in [-0.2, 0) is 9.59 Å². The number of amides is 2. The molecule has 0 radical (unpaired) electrons. The largest absolute Gasteiger partial charge is 0.326 e. The highest BCUT2D eigenvalue weighted by Crippen LogP contribution is 2.20. The van der Waals surface area contributed by atoms with E-state index in [4.69, 9.17) is 5.53 Å². The van der Waals surface area contributed by atoms with Crippen molar-refractivity contribution < 1.29 is 9.59 Å². The van der Waals surface area contributed by atoms with Crippen molar-refractivity contribution in [2.45, 2.75) is 13.8 Å². The van der Waals surface area contributed by atoms with Crippen molar-refractivity contribution in [3.63, 3.8) is 0 Å². The zero-order valence-electron chi connectivity index (χ0n) is 10.0. The molecule has 0 aliphatic carbocycles. The second-order valence-electron chi connectivity index (χ2n) is 3.56. The zero-order chi connectivity index (χ0) is 13.5. The SMILES string of the molecule is CC(=O)Nc1cccc(C=CC(=O)N=[N+]=[N-])c1C. The van der Waals surface area contributed by atoms with Gasteiger partial charge >= 0.3 is 0 Å². The summed E-state index contributed by atoms with van der Waals surface area (Å²) in [4.78, 5) is 24.4. The van der Waals surface area contributed by atoms with Crippen molar-refractivity contribution in [3.05, 3.63) is 45.8 Å². The standard InChI is InChI=1S/C12H12N4O2/c1-8-10(6-7-12(18)15-16-13)4-3-5-11(8)14-9(2)17/h3-7H,1-2H3,(H,14,17). The van der Waals surface area contributed by atoms with E-state index in [1.54, 1.807) is 18.2 Å². The summed E-state index contributed by atoms with van der Waals surface area (Å²) in [6.07, 6.45) is 2.72. The first-order chi connectivity index (χ1) is 8.54. The summed E-state index contributed by atoms with van der Waals surface area (Å²) in [5.74, 6) is -0.828. The maximum Gasteiger partial charge on any atom is 0.242 e. The van der Waals surface area contributed by atoms with E-state index in [9.17, 15) is 9.59 Å². The summed E-state index contributed by atoms with van der Waals surface area (Å²) < 4.78 is 0. The van der Waals surface area contributed by atoms with Crippen molar-refractivity contribution in [2.24, 2.45) is 5.11 Å². The van der Waals surface area contributed by atoms with Gasteiger partial charge in [0.2, 0.25) is 11.8 Å². The number of anilines is 1. The molecule has 1 N–H and O–H groups in total. The fourth-order valence-electron chi connectivity index (χ4n) is 1.40. The van der Waals surface area contributed by atoms with Gasteiger partial charge in [0.15, 0.2) is 0 Å². The molecule has 0 atom stereocenters. The normalized spacial score (nSPS) is 9.89. The molecule has 0 aromatic heterocycles. The Labute approximate surface area is 104 Å². The van der Waals surface area contributed by atoms with Crippen LogP contribution in [0.15, 0.2) is 29.4 Å². The molecule has 0 heterocycles. The molecule has 6 nitrogen and oxygen atoms in total. The van der Waals surface area contributed by atoms with Gasteiger partial charge in [-0.3, -0.25) is 9.59 Å². The molecular formula is C12H12N4O2. The van der Waals surface area contributed by atoms with Crippen molar-refractivity contribution in [1.29, 1.82) is 0 Å². The van der Waals surface area contributed by atoms with Gasteiger partial charge in [-0.25, -0.2) is 0 Å². The Morgan fingerprint density at radius 1 is 1.44 bits per heavy atom. The second-order valence-corrected chi connectivity index (χ2v) is 3.56. The molecule has 1 rings (SSSR count). The fourth-order valence-corrected chi connectivity index (χ4v) is 1.40. The molecule has 0 aliphatic rings. The van der Waals surface area contributed by atoms with Crippen LogP contribution in [0.2, 0.25) is 0 Å². The Morgan fingerprint density at radius 2 is 2.17 bits per heavy atom. The highest BCUT2D eigenvalue weighted by Gasteiger charge is 2.03. The Morgan fingerprint density at radius 3 is 2.78 bits per heavy atom. The van der Waals surface area contributed by atoms with Crippen LogP contribution < -0.4 is 5.32 Å².